The number of primary amides is 1. The number of nitrogens with zero attached hydrogens (tertiary/aromatic N) is 1. The van der Waals surface area contributed by atoms with E-state index in [-0.39, 0.29) is 30.2 Å². The van der Waals surface area contributed by atoms with Gasteiger partial charge in [0.15, 0.2) is 0 Å². The molecule has 0 aromatic carbocycles. The molecule has 3 aliphatic carbocycles. The summed E-state index contributed by atoms with van der Waals surface area (Å²) in [6, 6.07) is -3.37. The van der Waals surface area contributed by atoms with Crippen LogP contribution >= 0.6 is 23.2 Å². The van der Waals surface area contributed by atoms with Gasteiger partial charge in [0.05, 0.1) is 6.04 Å². The van der Waals surface area contributed by atoms with Crippen molar-refractivity contribution in [2.75, 3.05) is 6.54 Å². The number of likely N-dealkylation sites (tertiary alicyclic amines) is 1. The zero-order valence-corrected chi connectivity index (χ0v) is 24.4. The molecule has 4 aliphatic rings. The lowest BCUT2D eigenvalue weighted by molar-refractivity contribution is -0.144. The normalized spacial score (nSPS) is 27.9. The lowest BCUT2D eigenvalue weighted by Crippen LogP contribution is -2.61. The Morgan fingerprint density at radius 3 is 2.15 bits per heavy atom. The van der Waals surface area contributed by atoms with Crippen LogP contribution in [0.1, 0.15) is 78.6 Å². The van der Waals surface area contributed by atoms with Crippen molar-refractivity contribution in [3.63, 3.8) is 0 Å². The van der Waals surface area contributed by atoms with Crippen LogP contribution < -0.4 is 21.7 Å². The standard InChI is InChI=1S/C27H41Cl2N5O5/c1-26(2,3)33-25(39)32-19(15-10-5-4-6-11-15)24(38)34-13-16-18(27(16,28)29)20(34)23(37)31-17(21(35)22(30)36)12-14-8-7-9-14/h14-20H,4-13H2,1-3H3,(H2,30,36)(H,31,37)(H2,32,33,39)/t16-,17?,18-,19+,20+/m1/s1. The number of alkyl halides is 2. The Morgan fingerprint density at radius 1 is 0.974 bits per heavy atom. The Bertz CT molecular complexity index is 1010. The molecule has 1 unspecified atom stereocenters. The molecule has 4 fully saturated rings. The van der Waals surface area contributed by atoms with Gasteiger partial charge in [-0.15, -0.1) is 23.2 Å². The number of nitrogens with two attached hydrogens (primary N) is 1. The van der Waals surface area contributed by atoms with Crippen LogP contribution in [0.4, 0.5) is 4.79 Å². The van der Waals surface area contributed by atoms with Gasteiger partial charge in [-0.05, 0) is 51.9 Å². The zero-order valence-electron chi connectivity index (χ0n) is 22.9. The molecule has 0 spiro atoms. The molecule has 0 aromatic heterocycles. The molecule has 1 saturated heterocycles. The molecule has 0 aromatic rings. The highest BCUT2D eigenvalue weighted by Gasteiger charge is 2.74. The highest BCUT2D eigenvalue weighted by molar-refractivity contribution is 6.51. The van der Waals surface area contributed by atoms with Crippen LogP contribution in [0.15, 0.2) is 0 Å². The zero-order chi connectivity index (χ0) is 28.7. The average Bonchev–Trinajstić information content (AvgIpc) is 3.15. The van der Waals surface area contributed by atoms with Gasteiger partial charge in [0.2, 0.25) is 17.6 Å². The van der Waals surface area contributed by atoms with E-state index in [1.54, 1.807) is 0 Å². The number of rotatable bonds is 9. The highest BCUT2D eigenvalue weighted by atomic mass is 35.5. The van der Waals surface area contributed by atoms with Crippen molar-refractivity contribution in [2.24, 2.45) is 29.4 Å². The van der Waals surface area contributed by atoms with E-state index in [0.29, 0.717) is 6.42 Å². The van der Waals surface area contributed by atoms with E-state index in [1.165, 1.54) is 4.90 Å². The maximum Gasteiger partial charge on any atom is 0.315 e. The van der Waals surface area contributed by atoms with Crippen molar-refractivity contribution in [1.29, 1.82) is 0 Å². The lowest BCUT2D eigenvalue weighted by atomic mass is 9.80. The van der Waals surface area contributed by atoms with Gasteiger partial charge in [-0.3, -0.25) is 19.2 Å². The van der Waals surface area contributed by atoms with E-state index in [9.17, 15) is 24.0 Å². The van der Waals surface area contributed by atoms with Crippen molar-refractivity contribution < 1.29 is 24.0 Å². The summed E-state index contributed by atoms with van der Waals surface area (Å²) >= 11 is 13.0. The van der Waals surface area contributed by atoms with Crippen LogP contribution in [0.3, 0.4) is 0 Å². The van der Waals surface area contributed by atoms with Crippen LogP contribution in [-0.4, -0.2) is 69.0 Å². The summed E-state index contributed by atoms with van der Waals surface area (Å²) in [5.74, 6) is -3.60. The molecule has 0 bridgehead atoms. The molecule has 1 aliphatic heterocycles. The number of nitrogens with one attached hydrogen (secondary N) is 3. The second-order valence-electron chi connectivity index (χ2n) is 12.8. The molecule has 12 heteroatoms. The number of ketones is 1. The number of piperidine rings is 1. The molecule has 39 heavy (non-hydrogen) atoms. The first-order chi connectivity index (χ1) is 18.2. The minimum Gasteiger partial charge on any atom is -0.363 e. The van der Waals surface area contributed by atoms with Gasteiger partial charge in [-0.2, -0.15) is 0 Å². The summed E-state index contributed by atoms with van der Waals surface area (Å²) in [5.41, 5.74) is 4.78. The minimum absolute atomic E-state index is 0.0721. The monoisotopic (exact) mass is 585 g/mol. The van der Waals surface area contributed by atoms with Gasteiger partial charge < -0.3 is 26.6 Å². The number of hydrogen-bond acceptors (Lipinski definition) is 5. The smallest absolute Gasteiger partial charge is 0.315 e. The number of carbonyl (C=O) groups is 5. The topological polar surface area (TPSA) is 151 Å². The first-order valence-corrected chi connectivity index (χ1v) is 14.9. The second kappa shape index (κ2) is 11.4. The number of carbonyl (C=O) groups excluding carboxylic acids is 5. The Kier molecular flexibility index (Phi) is 8.76. The third-order valence-electron chi connectivity index (χ3n) is 8.72. The largest absolute Gasteiger partial charge is 0.363 e. The molecule has 0 radical (unpaired) electrons. The lowest BCUT2D eigenvalue weighted by Gasteiger charge is -2.37. The molecule has 5 N–H and O–H groups in total. The van der Waals surface area contributed by atoms with Gasteiger partial charge in [-0.25, -0.2) is 4.79 Å². The molecule has 3 saturated carbocycles. The van der Waals surface area contributed by atoms with Gasteiger partial charge in [0, 0.05) is 23.9 Å². The maximum absolute atomic E-state index is 14.1. The van der Waals surface area contributed by atoms with E-state index in [4.69, 9.17) is 28.9 Å². The van der Waals surface area contributed by atoms with Gasteiger partial charge in [0.1, 0.15) is 16.4 Å². The Labute approximate surface area is 239 Å². The molecule has 5 amide bonds. The van der Waals surface area contributed by atoms with Crippen molar-refractivity contribution in [3.05, 3.63) is 0 Å². The summed E-state index contributed by atoms with van der Waals surface area (Å²) < 4.78 is -1.17. The Morgan fingerprint density at radius 2 is 1.62 bits per heavy atom. The number of hydrogen-bond donors (Lipinski definition) is 4. The average molecular weight is 587 g/mol. The molecular formula is C27H41Cl2N5O5. The quantitative estimate of drug-likeness (QED) is 0.242. The van der Waals surface area contributed by atoms with Gasteiger partial charge >= 0.3 is 6.03 Å². The third-order valence-corrected chi connectivity index (χ3v) is 9.78. The SMILES string of the molecule is CC(C)(C)NC(=O)N[C@H](C(=O)N1C[C@@H]2[C@H]([C@H]1C(=O)NC(CC1CCC1)C(=O)C(N)=O)C2(Cl)Cl)C1CCCCC1. The highest BCUT2D eigenvalue weighted by Crippen LogP contribution is 2.65. The Hall–Kier alpha value is -2.07. The number of amides is 5. The molecule has 4 rings (SSSR count). The maximum atomic E-state index is 14.1. The van der Waals surface area contributed by atoms with Crippen molar-refractivity contribution in [1.82, 2.24) is 20.9 Å². The van der Waals surface area contributed by atoms with Crippen LogP contribution in [0.2, 0.25) is 0 Å². The predicted octanol–water partition coefficient (Wildman–Crippen LogP) is 2.39. The number of halogens is 2. The van der Waals surface area contributed by atoms with Crippen LogP contribution in [0.25, 0.3) is 0 Å². The summed E-state index contributed by atoms with van der Waals surface area (Å²) in [5, 5.41) is 8.45. The Balaban J connectivity index is 1.55. The third kappa shape index (κ3) is 6.64. The fraction of sp³-hybridized carbons (Fsp3) is 0.815. The predicted molar refractivity (Wildman–Crippen MR) is 147 cm³/mol. The molecule has 10 nitrogen and oxygen atoms in total. The van der Waals surface area contributed by atoms with Crippen LogP contribution in [0.5, 0.6) is 0 Å². The van der Waals surface area contributed by atoms with Gasteiger partial charge in [-0.1, -0.05) is 38.5 Å². The summed E-state index contributed by atoms with van der Waals surface area (Å²) in [7, 11) is 0. The first-order valence-electron chi connectivity index (χ1n) is 14.1. The summed E-state index contributed by atoms with van der Waals surface area (Å²) in [6.45, 7) is 5.72. The molecule has 218 valence electrons. The van der Waals surface area contributed by atoms with Crippen molar-refractivity contribution in [2.45, 2.75) is 107 Å². The minimum atomic E-state index is -1.17. The number of urea groups is 1. The van der Waals surface area contributed by atoms with E-state index >= 15 is 0 Å². The summed E-state index contributed by atoms with van der Waals surface area (Å²) in [6.07, 6.45) is 7.72. The molecular weight excluding hydrogens is 545 g/mol. The van der Waals surface area contributed by atoms with E-state index < -0.39 is 57.5 Å². The van der Waals surface area contributed by atoms with Crippen molar-refractivity contribution in [3.8, 4) is 0 Å². The molecule has 5 atom stereocenters. The second-order valence-corrected chi connectivity index (χ2v) is 14.2. The summed E-state index contributed by atoms with van der Waals surface area (Å²) in [4.78, 5) is 66.4. The first kappa shape index (κ1) is 29.9. The van der Waals surface area contributed by atoms with Crippen LogP contribution in [0, 0.1) is 23.7 Å². The number of Topliss-reactive ketones (excluding diaryl/α,β-unsaturated/α-hetero) is 1. The van der Waals surface area contributed by atoms with Crippen molar-refractivity contribution >= 4 is 52.7 Å². The fourth-order valence-corrected chi connectivity index (χ4v) is 7.23. The van der Waals surface area contributed by atoms with E-state index in [0.717, 1.165) is 51.4 Å². The van der Waals surface area contributed by atoms with E-state index in [2.05, 4.69) is 16.0 Å². The van der Waals surface area contributed by atoms with Crippen LogP contribution in [-0.2, 0) is 19.2 Å². The fourth-order valence-electron chi connectivity index (χ4n) is 6.40. The van der Waals surface area contributed by atoms with E-state index in [1.807, 2.05) is 20.8 Å². The molecule has 1 heterocycles. The number of fused-ring (bicyclic) bond motifs is 1. The van der Waals surface area contributed by atoms with Gasteiger partial charge in [0.25, 0.3) is 5.91 Å².